The van der Waals surface area contributed by atoms with Gasteiger partial charge < -0.3 is 14.6 Å². The van der Waals surface area contributed by atoms with Gasteiger partial charge in [0.2, 0.25) is 0 Å². The van der Waals surface area contributed by atoms with Crippen molar-refractivity contribution < 1.29 is 28.6 Å². The zero-order valence-electron chi connectivity index (χ0n) is 16.2. The van der Waals surface area contributed by atoms with E-state index in [0.29, 0.717) is 11.3 Å². The van der Waals surface area contributed by atoms with Crippen LogP contribution in [-0.2, 0) is 4.74 Å². The third-order valence-corrected chi connectivity index (χ3v) is 5.00. The molecular weight excluding hydrogens is 391 g/mol. The number of rotatable bonds is 5. The van der Waals surface area contributed by atoms with E-state index in [4.69, 9.17) is 9.47 Å². The molecule has 0 radical (unpaired) electrons. The summed E-state index contributed by atoms with van der Waals surface area (Å²) in [6, 6.07) is 11.6. The van der Waals surface area contributed by atoms with Crippen LogP contribution in [0.3, 0.4) is 0 Å². The molecule has 1 heterocycles. The molecule has 4 rings (SSSR count). The lowest BCUT2D eigenvalue weighted by Gasteiger charge is -2.12. The fourth-order valence-corrected chi connectivity index (χ4v) is 3.52. The van der Waals surface area contributed by atoms with Gasteiger partial charge in [0, 0.05) is 19.1 Å². The molecule has 3 aromatic rings. The number of aromatic carboxylic acids is 1. The van der Waals surface area contributed by atoms with Crippen LogP contribution in [0.4, 0.5) is 4.39 Å². The number of carboxylic acid groups (broad SMARTS) is 1. The van der Waals surface area contributed by atoms with Crippen molar-refractivity contribution in [2.75, 3.05) is 14.2 Å². The number of benzene rings is 2. The van der Waals surface area contributed by atoms with E-state index in [2.05, 4.69) is 9.97 Å². The van der Waals surface area contributed by atoms with Crippen LogP contribution in [0.1, 0.15) is 39.1 Å². The van der Waals surface area contributed by atoms with Crippen LogP contribution in [0.2, 0.25) is 0 Å². The lowest BCUT2D eigenvalue weighted by molar-refractivity contribution is 0.0664. The van der Waals surface area contributed by atoms with Gasteiger partial charge in [0.05, 0.1) is 18.8 Å². The Morgan fingerprint density at radius 3 is 2.57 bits per heavy atom. The maximum Gasteiger partial charge on any atom is 0.355 e. The predicted octanol–water partition coefficient (Wildman–Crippen LogP) is 3.93. The van der Waals surface area contributed by atoms with Gasteiger partial charge in [-0.05, 0) is 35.4 Å². The van der Waals surface area contributed by atoms with Crippen LogP contribution in [0.5, 0.6) is 5.75 Å². The number of hydrogen-bond acceptors (Lipinski definition) is 6. The molecule has 152 valence electrons. The number of fused-ring (bicyclic) bond motifs is 1. The number of carboxylic acids is 1. The zero-order valence-corrected chi connectivity index (χ0v) is 16.2. The van der Waals surface area contributed by atoms with E-state index in [0.717, 1.165) is 5.56 Å². The maximum atomic E-state index is 15.0. The molecule has 1 aromatic heterocycles. The first kappa shape index (κ1) is 19.7. The summed E-state index contributed by atoms with van der Waals surface area (Å²) in [7, 11) is 2.92. The Labute approximate surface area is 171 Å². The van der Waals surface area contributed by atoms with E-state index >= 15 is 0 Å². The maximum absolute atomic E-state index is 15.0. The molecule has 30 heavy (non-hydrogen) atoms. The second-order valence-corrected chi connectivity index (χ2v) is 6.74. The molecule has 1 unspecified atom stereocenters. The molecule has 1 aliphatic rings. The highest BCUT2D eigenvalue weighted by Gasteiger charge is 2.37. The molecule has 8 heteroatoms. The van der Waals surface area contributed by atoms with E-state index in [9.17, 15) is 19.1 Å². The van der Waals surface area contributed by atoms with E-state index < -0.39 is 17.9 Å². The van der Waals surface area contributed by atoms with Crippen LogP contribution in [-0.4, -0.2) is 41.0 Å². The molecule has 0 bridgehead atoms. The summed E-state index contributed by atoms with van der Waals surface area (Å²) >= 11 is 0. The van der Waals surface area contributed by atoms with Crippen molar-refractivity contribution in [2.45, 2.75) is 12.5 Å². The fraction of sp³-hybridized carbons (Fsp3) is 0.182. The lowest BCUT2D eigenvalue weighted by atomic mass is 10.0. The summed E-state index contributed by atoms with van der Waals surface area (Å²) in [4.78, 5) is 32.2. The average Bonchev–Trinajstić information content (AvgIpc) is 3.08. The Morgan fingerprint density at radius 2 is 1.90 bits per heavy atom. The molecule has 0 fully saturated rings. The molecule has 0 saturated carbocycles. The minimum atomic E-state index is -1.33. The summed E-state index contributed by atoms with van der Waals surface area (Å²) < 4.78 is 25.4. The number of carbonyl (C=O) groups excluding carboxylic acids is 1. The highest BCUT2D eigenvalue weighted by atomic mass is 19.1. The number of Topliss-reactive ketones (excluding diaryl/α,β-unsaturated/α-hetero) is 1. The largest absolute Gasteiger partial charge is 0.497 e. The molecule has 1 atom stereocenters. The Bertz CT molecular complexity index is 1180. The highest BCUT2D eigenvalue weighted by molar-refractivity contribution is 6.03. The summed E-state index contributed by atoms with van der Waals surface area (Å²) in [5.74, 6) is -1.86. The average molecular weight is 408 g/mol. The van der Waals surface area contributed by atoms with Crippen LogP contribution in [0.15, 0.2) is 42.5 Å². The van der Waals surface area contributed by atoms with Gasteiger partial charge in [-0.2, -0.15) is 0 Å². The molecule has 0 aliphatic heterocycles. The summed E-state index contributed by atoms with van der Waals surface area (Å²) in [6.45, 7) is 0. The van der Waals surface area contributed by atoms with Crippen molar-refractivity contribution in [2.24, 2.45) is 0 Å². The van der Waals surface area contributed by atoms with Crippen LogP contribution < -0.4 is 4.74 Å². The van der Waals surface area contributed by atoms with Gasteiger partial charge >= 0.3 is 5.97 Å². The highest BCUT2D eigenvalue weighted by Crippen LogP contribution is 2.36. The number of methoxy groups -OCH3 is 2. The van der Waals surface area contributed by atoms with Crippen molar-refractivity contribution in [1.82, 2.24) is 9.97 Å². The number of hydrogen-bond donors (Lipinski definition) is 1. The number of halogens is 1. The molecule has 1 aliphatic carbocycles. The van der Waals surface area contributed by atoms with Gasteiger partial charge in [0.1, 0.15) is 17.3 Å². The number of carbonyl (C=O) groups is 2. The van der Waals surface area contributed by atoms with Crippen LogP contribution in [0.25, 0.3) is 22.5 Å². The van der Waals surface area contributed by atoms with E-state index in [1.807, 2.05) is 6.07 Å². The normalized spacial score (nSPS) is 15.2. The molecule has 0 spiro atoms. The van der Waals surface area contributed by atoms with Crippen LogP contribution >= 0.6 is 0 Å². The number of ketones is 1. The standard InChI is InChI=1S/C22H17FN2O5/c1-29-13-5-3-4-11(8-13)12-6-7-14(15(23)9-12)21-24-19-16(26)10-17(30-2)18(19)20(25-21)22(27)28/h3-9,17H,10H2,1-2H3,(H,27,28). The monoisotopic (exact) mass is 408 g/mol. The second kappa shape index (κ2) is 7.64. The Balaban J connectivity index is 1.81. The van der Waals surface area contributed by atoms with Gasteiger partial charge in [-0.25, -0.2) is 19.2 Å². The lowest BCUT2D eigenvalue weighted by Crippen LogP contribution is -2.12. The first-order chi connectivity index (χ1) is 14.4. The molecule has 2 aromatic carbocycles. The number of ether oxygens (including phenoxy) is 2. The minimum Gasteiger partial charge on any atom is -0.497 e. The van der Waals surface area contributed by atoms with Crippen LogP contribution in [0, 0.1) is 5.82 Å². The topological polar surface area (TPSA) is 98.6 Å². The van der Waals surface area contributed by atoms with Gasteiger partial charge in [0.25, 0.3) is 0 Å². The van der Waals surface area contributed by atoms with Gasteiger partial charge in [-0.3, -0.25) is 4.79 Å². The van der Waals surface area contributed by atoms with Gasteiger partial charge in [-0.1, -0.05) is 18.2 Å². The van der Waals surface area contributed by atoms with Gasteiger partial charge in [0.15, 0.2) is 17.3 Å². The first-order valence-corrected chi connectivity index (χ1v) is 9.08. The predicted molar refractivity (Wildman–Crippen MR) is 105 cm³/mol. The second-order valence-electron chi connectivity index (χ2n) is 6.74. The Kier molecular flexibility index (Phi) is 5.01. The zero-order chi connectivity index (χ0) is 21.4. The van der Waals surface area contributed by atoms with Crippen molar-refractivity contribution in [3.05, 3.63) is 65.2 Å². The van der Waals surface area contributed by atoms with E-state index in [1.54, 1.807) is 31.4 Å². The molecule has 1 N–H and O–H groups in total. The van der Waals surface area contributed by atoms with Crippen molar-refractivity contribution in [1.29, 1.82) is 0 Å². The van der Waals surface area contributed by atoms with Crippen molar-refractivity contribution >= 4 is 11.8 Å². The fourth-order valence-electron chi connectivity index (χ4n) is 3.52. The molecule has 7 nitrogen and oxygen atoms in total. The molecular formula is C22H17FN2O5. The third kappa shape index (κ3) is 3.31. The molecule has 0 amide bonds. The Morgan fingerprint density at radius 1 is 1.13 bits per heavy atom. The summed E-state index contributed by atoms with van der Waals surface area (Å²) in [5, 5.41) is 9.57. The number of nitrogens with zero attached hydrogens (tertiary/aromatic N) is 2. The SMILES string of the molecule is COc1cccc(-c2ccc(-c3nc(C(=O)O)c4c(n3)C(=O)CC4OC)c(F)c2)c1. The van der Waals surface area contributed by atoms with Crippen molar-refractivity contribution in [3.8, 4) is 28.3 Å². The molecule has 0 saturated heterocycles. The van der Waals surface area contributed by atoms with Gasteiger partial charge in [-0.15, -0.1) is 0 Å². The Hall–Kier alpha value is -3.65. The quantitative estimate of drug-likeness (QED) is 0.683. The minimum absolute atomic E-state index is 0.000568. The summed E-state index contributed by atoms with van der Waals surface area (Å²) in [5.41, 5.74) is 1.08. The first-order valence-electron chi connectivity index (χ1n) is 9.08. The third-order valence-electron chi connectivity index (χ3n) is 5.00. The smallest absolute Gasteiger partial charge is 0.355 e. The van der Waals surface area contributed by atoms with Crippen molar-refractivity contribution in [3.63, 3.8) is 0 Å². The van der Waals surface area contributed by atoms with E-state index in [-0.39, 0.29) is 40.5 Å². The summed E-state index contributed by atoms with van der Waals surface area (Å²) in [6.07, 6.45) is -0.755. The van der Waals surface area contributed by atoms with E-state index in [1.165, 1.54) is 19.2 Å². The number of aromatic nitrogens is 2.